The molecular weight excluding hydrogens is 368 g/mol. The summed E-state index contributed by atoms with van der Waals surface area (Å²) in [5.41, 5.74) is 13.8. The van der Waals surface area contributed by atoms with Crippen LogP contribution in [0.25, 0.3) is 32.9 Å². The fourth-order valence-corrected chi connectivity index (χ4v) is 4.16. The van der Waals surface area contributed by atoms with Gasteiger partial charge in [0.25, 0.3) is 0 Å². The molecule has 0 spiro atoms. The first-order chi connectivity index (χ1) is 14.8. The average Bonchev–Trinajstić information content (AvgIpc) is 3.12. The van der Waals surface area contributed by atoms with Crippen molar-refractivity contribution < 1.29 is 0 Å². The molecule has 0 fully saturated rings. The third kappa shape index (κ3) is 2.99. The van der Waals surface area contributed by atoms with Crippen LogP contribution in [0, 0.1) is 10.9 Å². The largest absolute Gasteiger partial charge is 0.336 e. The van der Waals surface area contributed by atoms with Gasteiger partial charge in [-0.2, -0.15) is 0 Å². The van der Waals surface area contributed by atoms with Crippen molar-refractivity contribution in [2.75, 3.05) is 0 Å². The van der Waals surface area contributed by atoms with Gasteiger partial charge in [-0.1, -0.05) is 72.8 Å². The van der Waals surface area contributed by atoms with E-state index in [1.807, 2.05) is 30.3 Å². The van der Waals surface area contributed by atoms with Crippen molar-refractivity contribution in [2.45, 2.75) is 6.54 Å². The molecule has 0 saturated heterocycles. The van der Waals surface area contributed by atoms with E-state index in [2.05, 4.69) is 76.4 Å². The van der Waals surface area contributed by atoms with Crippen molar-refractivity contribution in [1.29, 1.82) is 10.9 Å². The Kier molecular flexibility index (Phi) is 4.45. The number of nitrogens with one attached hydrogen (secondary N) is 2. The molecule has 5 rings (SSSR count). The Hall–Kier alpha value is -4.05. The van der Waals surface area contributed by atoms with Crippen molar-refractivity contribution in [1.82, 2.24) is 4.57 Å². The molecule has 4 nitrogen and oxygen atoms in total. The molecule has 0 bridgehead atoms. The monoisotopic (exact) mass is 388 g/mol. The van der Waals surface area contributed by atoms with Gasteiger partial charge in [0.1, 0.15) is 0 Å². The zero-order valence-corrected chi connectivity index (χ0v) is 16.3. The van der Waals surface area contributed by atoms with Gasteiger partial charge in [-0.3, -0.25) is 5.41 Å². The van der Waals surface area contributed by atoms with Crippen molar-refractivity contribution >= 4 is 27.6 Å². The minimum absolute atomic E-state index is 0.0249. The predicted octanol–water partition coefficient (Wildman–Crippen LogP) is 6.87. The van der Waals surface area contributed by atoms with E-state index in [0.29, 0.717) is 5.56 Å². The van der Waals surface area contributed by atoms with Crippen LogP contribution in [-0.2, 0) is 6.54 Å². The van der Waals surface area contributed by atoms with E-state index in [0.717, 1.165) is 28.4 Å². The van der Waals surface area contributed by atoms with Crippen molar-refractivity contribution in [2.24, 2.45) is 5.11 Å². The highest BCUT2D eigenvalue weighted by atomic mass is 15.0. The number of nitrogens with zero attached hydrogens (tertiary/aromatic N) is 2. The van der Waals surface area contributed by atoms with E-state index in [4.69, 9.17) is 10.9 Å². The second-order valence-electron chi connectivity index (χ2n) is 7.32. The lowest BCUT2D eigenvalue weighted by Gasteiger charge is -2.13. The second kappa shape index (κ2) is 7.41. The number of amidine groups is 1. The molecule has 0 aliphatic heterocycles. The van der Waals surface area contributed by atoms with Gasteiger partial charge in [0, 0.05) is 33.9 Å². The molecule has 0 aliphatic rings. The second-order valence-corrected chi connectivity index (χ2v) is 7.32. The highest BCUT2D eigenvalue weighted by molar-refractivity contribution is 6.11. The molecule has 0 saturated carbocycles. The Labute approximate surface area is 174 Å². The minimum atomic E-state index is -0.0249. The Balaban J connectivity index is 1.71. The molecule has 30 heavy (non-hydrogen) atoms. The first-order valence-corrected chi connectivity index (χ1v) is 9.87. The third-order valence-corrected chi connectivity index (χ3v) is 5.59. The number of hydrogen-bond donors (Lipinski definition) is 2. The van der Waals surface area contributed by atoms with E-state index in [1.165, 1.54) is 16.7 Å². The topological polar surface area (TPSA) is 65.0 Å². The lowest BCUT2D eigenvalue weighted by atomic mass is 9.99. The Bertz CT molecular complexity index is 1400. The molecule has 1 aromatic heterocycles. The molecule has 144 valence electrons. The maximum Gasteiger partial charge on any atom is 0.173 e. The third-order valence-electron chi connectivity index (χ3n) is 5.59. The van der Waals surface area contributed by atoms with Crippen LogP contribution in [0.2, 0.25) is 0 Å². The van der Waals surface area contributed by atoms with Crippen LogP contribution >= 0.6 is 0 Å². The normalized spacial score (nSPS) is 11.1. The average molecular weight is 388 g/mol. The zero-order valence-electron chi connectivity index (χ0n) is 16.3. The summed E-state index contributed by atoms with van der Waals surface area (Å²) in [7, 11) is 0. The fourth-order valence-electron chi connectivity index (χ4n) is 4.16. The van der Waals surface area contributed by atoms with E-state index in [9.17, 15) is 0 Å². The van der Waals surface area contributed by atoms with Crippen LogP contribution in [0.5, 0.6) is 0 Å². The van der Waals surface area contributed by atoms with Gasteiger partial charge in [0.15, 0.2) is 5.84 Å². The maximum absolute atomic E-state index is 7.91. The number of hydrogen-bond acceptors (Lipinski definition) is 2. The summed E-state index contributed by atoms with van der Waals surface area (Å²) in [5, 5.41) is 13.4. The SMILES string of the molecule is N=NC(=N)c1ccc2c(c1)c1ccccc1n2Cc1ccccc1-c1ccccc1. The molecule has 2 N–H and O–H groups in total. The lowest BCUT2D eigenvalue weighted by Crippen LogP contribution is -2.01. The summed E-state index contributed by atoms with van der Waals surface area (Å²) in [6.07, 6.45) is 0. The summed E-state index contributed by atoms with van der Waals surface area (Å²) < 4.78 is 2.33. The Morgan fingerprint density at radius 3 is 2.27 bits per heavy atom. The molecule has 4 heteroatoms. The molecule has 0 aliphatic carbocycles. The predicted molar refractivity (Wildman–Crippen MR) is 122 cm³/mol. The zero-order chi connectivity index (χ0) is 20.5. The standard InChI is InChI=1S/C26H20N4/c27-26(29-28)19-14-15-25-23(16-19)22-12-6-7-13-24(22)30(25)17-20-10-4-5-11-21(20)18-8-2-1-3-9-18/h1-16,27-28H,17H2. The van der Waals surface area contributed by atoms with Gasteiger partial charge in [-0.15, -0.1) is 5.11 Å². The van der Waals surface area contributed by atoms with Crippen LogP contribution in [0.1, 0.15) is 11.1 Å². The van der Waals surface area contributed by atoms with Gasteiger partial charge in [-0.05, 0) is 41.0 Å². The van der Waals surface area contributed by atoms with Crippen molar-refractivity contribution in [3.8, 4) is 11.1 Å². The van der Waals surface area contributed by atoms with Gasteiger partial charge in [-0.25, -0.2) is 5.53 Å². The van der Waals surface area contributed by atoms with Gasteiger partial charge < -0.3 is 4.57 Å². The number of aromatic nitrogens is 1. The summed E-state index contributed by atoms with van der Waals surface area (Å²) >= 11 is 0. The van der Waals surface area contributed by atoms with Crippen LogP contribution in [0.15, 0.2) is 102 Å². The van der Waals surface area contributed by atoms with Crippen molar-refractivity contribution in [3.63, 3.8) is 0 Å². The number of fused-ring (bicyclic) bond motifs is 3. The molecule has 0 unspecified atom stereocenters. The van der Waals surface area contributed by atoms with E-state index >= 15 is 0 Å². The number of rotatable bonds is 4. The van der Waals surface area contributed by atoms with Crippen LogP contribution in [0.3, 0.4) is 0 Å². The highest BCUT2D eigenvalue weighted by Gasteiger charge is 2.14. The minimum Gasteiger partial charge on any atom is -0.336 e. The smallest absolute Gasteiger partial charge is 0.173 e. The molecular formula is C26H20N4. The van der Waals surface area contributed by atoms with Crippen LogP contribution in [-0.4, -0.2) is 10.4 Å². The number of benzene rings is 4. The molecule has 4 aromatic carbocycles. The first-order valence-electron chi connectivity index (χ1n) is 9.87. The quantitative estimate of drug-likeness (QED) is 0.192. The van der Waals surface area contributed by atoms with Crippen LogP contribution < -0.4 is 0 Å². The van der Waals surface area contributed by atoms with E-state index < -0.39 is 0 Å². The van der Waals surface area contributed by atoms with E-state index in [1.54, 1.807) is 0 Å². The van der Waals surface area contributed by atoms with Crippen molar-refractivity contribution in [3.05, 3.63) is 108 Å². The highest BCUT2D eigenvalue weighted by Crippen LogP contribution is 2.32. The first kappa shape index (κ1) is 18.0. The maximum atomic E-state index is 7.91. The summed E-state index contributed by atoms with van der Waals surface area (Å²) in [4.78, 5) is 0. The van der Waals surface area contributed by atoms with Gasteiger partial charge in [0.2, 0.25) is 0 Å². The molecule has 0 radical (unpaired) electrons. The Morgan fingerprint density at radius 1 is 0.733 bits per heavy atom. The molecule has 1 heterocycles. The summed E-state index contributed by atoms with van der Waals surface area (Å²) in [6.45, 7) is 0.745. The van der Waals surface area contributed by atoms with Gasteiger partial charge >= 0.3 is 0 Å². The summed E-state index contributed by atoms with van der Waals surface area (Å²) in [6, 6.07) is 33.2. The molecule has 0 atom stereocenters. The van der Waals surface area contributed by atoms with Crippen LogP contribution in [0.4, 0.5) is 0 Å². The molecule has 5 aromatic rings. The van der Waals surface area contributed by atoms with E-state index in [-0.39, 0.29) is 5.84 Å². The summed E-state index contributed by atoms with van der Waals surface area (Å²) in [5.74, 6) is -0.0249. The lowest BCUT2D eigenvalue weighted by molar-refractivity contribution is 0.870. The molecule has 0 amide bonds. The fraction of sp³-hybridized carbons (Fsp3) is 0.0385. The van der Waals surface area contributed by atoms with Gasteiger partial charge in [0.05, 0.1) is 0 Å². The number of para-hydroxylation sites is 1. The Morgan fingerprint density at radius 2 is 1.43 bits per heavy atom.